The van der Waals surface area contributed by atoms with Crippen LogP contribution < -0.4 is 5.32 Å². The summed E-state index contributed by atoms with van der Waals surface area (Å²) < 4.78 is 1.87. The third-order valence-corrected chi connectivity index (χ3v) is 3.05. The van der Waals surface area contributed by atoms with Gasteiger partial charge in [0.25, 0.3) is 0 Å². The molecular formula is C13H25N3. The molecule has 3 heteroatoms. The number of aromatic nitrogens is 2. The average Bonchev–Trinajstić information content (AvgIpc) is 2.64. The zero-order chi connectivity index (χ0) is 12.0. The lowest BCUT2D eigenvalue weighted by molar-refractivity contribution is 0.387. The summed E-state index contributed by atoms with van der Waals surface area (Å²) in [5.74, 6) is 0.725. The van der Waals surface area contributed by atoms with Crippen molar-refractivity contribution in [1.82, 2.24) is 15.1 Å². The van der Waals surface area contributed by atoms with Gasteiger partial charge in [-0.3, -0.25) is 4.68 Å². The Kier molecular flexibility index (Phi) is 5.53. The number of hydrogen-bond acceptors (Lipinski definition) is 2. The molecule has 0 saturated carbocycles. The number of hydrogen-bond donors (Lipinski definition) is 1. The van der Waals surface area contributed by atoms with Crippen LogP contribution in [0.3, 0.4) is 0 Å². The van der Waals surface area contributed by atoms with E-state index < -0.39 is 0 Å². The normalized spacial score (nSPS) is 13.3. The quantitative estimate of drug-likeness (QED) is 0.719. The van der Waals surface area contributed by atoms with Gasteiger partial charge in [-0.2, -0.15) is 5.10 Å². The highest BCUT2D eigenvalue weighted by atomic mass is 15.2. The van der Waals surface area contributed by atoms with Crippen molar-refractivity contribution in [2.45, 2.75) is 46.1 Å². The molecule has 1 rings (SSSR count). The van der Waals surface area contributed by atoms with Crippen LogP contribution in [0.2, 0.25) is 0 Å². The highest BCUT2D eigenvalue weighted by molar-refractivity contribution is 5.03. The van der Waals surface area contributed by atoms with Crippen molar-refractivity contribution >= 4 is 0 Å². The topological polar surface area (TPSA) is 29.9 Å². The molecule has 1 heterocycles. The van der Waals surface area contributed by atoms with Crippen LogP contribution in [0, 0.1) is 5.92 Å². The number of aryl methyl sites for hydroxylation is 2. The second-order valence-corrected chi connectivity index (χ2v) is 4.84. The Balaban J connectivity index is 2.16. The first-order chi connectivity index (χ1) is 7.63. The molecule has 92 valence electrons. The van der Waals surface area contributed by atoms with E-state index in [0.29, 0.717) is 6.04 Å². The SMILES string of the molecule is CCC(NCCCc1cnn(C)c1)C(C)C. The lowest BCUT2D eigenvalue weighted by atomic mass is 10.0. The fraction of sp³-hybridized carbons (Fsp3) is 0.769. The van der Waals surface area contributed by atoms with E-state index in [4.69, 9.17) is 0 Å². The van der Waals surface area contributed by atoms with Gasteiger partial charge in [0.1, 0.15) is 0 Å². The van der Waals surface area contributed by atoms with E-state index in [2.05, 4.69) is 37.4 Å². The van der Waals surface area contributed by atoms with Gasteiger partial charge in [-0.1, -0.05) is 20.8 Å². The summed E-state index contributed by atoms with van der Waals surface area (Å²) in [6, 6.07) is 0.661. The Morgan fingerprint density at radius 1 is 1.44 bits per heavy atom. The molecule has 0 bridgehead atoms. The molecular weight excluding hydrogens is 198 g/mol. The monoisotopic (exact) mass is 223 g/mol. The zero-order valence-electron chi connectivity index (χ0n) is 11.0. The maximum absolute atomic E-state index is 4.17. The first-order valence-electron chi connectivity index (χ1n) is 6.34. The molecule has 1 aromatic rings. The van der Waals surface area contributed by atoms with E-state index in [0.717, 1.165) is 18.9 Å². The predicted octanol–water partition coefficient (Wildman–Crippen LogP) is 2.38. The van der Waals surface area contributed by atoms with Gasteiger partial charge < -0.3 is 5.32 Å². The van der Waals surface area contributed by atoms with Crippen molar-refractivity contribution in [3.63, 3.8) is 0 Å². The molecule has 0 aromatic carbocycles. The molecule has 0 spiro atoms. The van der Waals surface area contributed by atoms with E-state index >= 15 is 0 Å². The highest BCUT2D eigenvalue weighted by Crippen LogP contribution is 2.06. The minimum absolute atomic E-state index is 0.661. The van der Waals surface area contributed by atoms with E-state index in [-0.39, 0.29) is 0 Å². The Morgan fingerprint density at radius 2 is 2.19 bits per heavy atom. The number of nitrogens with one attached hydrogen (secondary N) is 1. The fourth-order valence-corrected chi connectivity index (χ4v) is 2.03. The molecule has 3 nitrogen and oxygen atoms in total. The first kappa shape index (κ1) is 13.2. The van der Waals surface area contributed by atoms with Crippen LogP contribution in [-0.4, -0.2) is 22.4 Å². The molecule has 0 radical (unpaired) electrons. The summed E-state index contributed by atoms with van der Waals surface area (Å²) in [7, 11) is 1.97. The van der Waals surface area contributed by atoms with Crippen molar-refractivity contribution in [3.8, 4) is 0 Å². The van der Waals surface area contributed by atoms with Crippen LogP contribution in [0.4, 0.5) is 0 Å². The summed E-state index contributed by atoms with van der Waals surface area (Å²) in [5, 5.41) is 7.79. The molecule has 0 aliphatic heterocycles. The first-order valence-corrected chi connectivity index (χ1v) is 6.34. The van der Waals surface area contributed by atoms with E-state index in [1.54, 1.807) is 0 Å². The molecule has 0 saturated heterocycles. The van der Waals surface area contributed by atoms with Gasteiger partial charge in [0, 0.05) is 19.3 Å². The predicted molar refractivity (Wildman–Crippen MR) is 68.4 cm³/mol. The van der Waals surface area contributed by atoms with Gasteiger partial charge in [-0.05, 0) is 37.3 Å². The minimum atomic E-state index is 0.661. The van der Waals surface area contributed by atoms with Crippen LogP contribution >= 0.6 is 0 Å². The van der Waals surface area contributed by atoms with Gasteiger partial charge in [0.05, 0.1) is 6.20 Å². The van der Waals surface area contributed by atoms with Gasteiger partial charge >= 0.3 is 0 Å². The second-order valence-electron chi connectivity index (χ2n) is 4.84. The van der Waals surface area contributed by atoms with Crippen LogP contribution in [0.25, 0.3) is 0 Å². The summed E-state index contributed by atoms with van der Waals surface area (Å²) in [5.41, 5.74) is 1.34. The Bertz CT molecular complexity index is 291. The third-order valence-electron chi connectivity index (χ3n) is 3.05. The largest absolute Gasteiger partial charge is 0.314 e. The summed E-state index contributed by atoms with van der Waals surface area (Å²) in [4.78, 5) is 0. The number of nitrogens with zero attached hydrogens (tertiary/aromatic N) is 2. The molecule has 0 fully saturated rings. The third kappa shape index (κ3) is 4.35. The lowest BCUT2D eigenvalue weighted by Gasteiger charge is -2.20. The average molecular weight is 223 g/mol. The van der Waals surface area contributed by atoms with Gasteiger partial charge in [0.15, 0.2) is 0 Å². The van der Waals surface area contributed by atoms with Gasteiger partial charge in [-0.15, -0.1) is 0 Å². The van der Waals surface area contributed by atoms with Crippen molar-refractivity contribution < 1.29 is 0 Å². The van der Waals surface area contributed by atoms with Gasteiger partial charge in [-0.25, -0.2) is 0 Å². The van der Waals surface area contributed by atoms with Crippen molar-refractivity contribution in [3.05, 3.63) is 18.0 Å². The van der Waals surface area contributed by atoms with Crippen molar-refractivity contribution in [1.29, 1.82) is 0 Å². The zero-order valence-corrected chi connectivity index (χ0v) is 11.0. The van der Waals surface area contributed by atoms with Gasteiger partial charge in [0.2, 0.25) is 0 Å². The van der Waals surface area contributed by atoms with Crippen molar-refractivity contribution in [2.24, 2.45) is 13.0 Å². The smallest absolute Gasteiger partial charge is 0.0521 e. The number of rotatable bonds is 7. The molecule has 1 unspecified atom stereocenters. The molecule has 1 atom stereocenters. The van der Waals surface area contributed by atoms with Crippen LogP contribution in [0.15, 0.2) is 12.4 Å². The Morgan fingerprint density at radius 3 is 2.69 bits per heavy atom. The Labute approximate surface area is 99.2 Å². The molecule has 16 heavy (non-hydrogen) atoms. The van der Waals surface area contributed by atoms with Crippen LogP contribution in [0.1, 0.15) is 39.2 Å². The van der Waals surface area contributed by atoms with E-state index in [9.17, 15) is 0 Å². The summed E-state index contributed by atoms with van der Waals surface area (Å²) in [6.45, 7) is 7.91. The molecule has 0 amide bonds. The standard InChI is InChI=1S/C13H25N3/c1-5-13(11(2)3)14-8-6-7-12-9-15-16(4)10-12/h9-11,13-14H,5-8H2,1-4H3. The van der Waals surface area contributed by atoms with Crippen LogP contribution in [-0.2, 0) is 13.5 Å². The molecule has 0 aliphatic rings. The van der Waals surface area contributed by atoms with Crippen LogP contribution in [0.5, 0.6) is 0 Å². The van der Waals surface area contributed by atoms with Crippen molar-refractivity contribution in [2.75, 3.05) is 6.54 Å². The molecule has 0 aliphatic carbocycles. The fourth-order valence-electron chi connectivity index (χ4n) is 2.03. The minimum Gasteiger partial charge on any atom is -0.314 e. The lowest BCUT2D eigenvalue weighted by Crippen LogP contribution is -2.33. The molecule has 1 aromatic heterocycles. The van der Waals surface area contributed by atoms with E-state index in [1.807, 2.05) is 17.9 Å². The maximum atomic E-state index is 4.17. The van der Waals surface area contributed by atoms with E-state index in [1.165, 1.54) is 18.4 Å². The highest BCUT2D eigenvalue weighted by Gasteiger charge is 2.08. The second kappa shape index (κ2) is 6.69. The summed E-state index contributed by atoms with van der Waals surface area (Å²) >= 11 is 0. The Hall–Kier alpha value is -0.830. The maximum Gasteiger partial charge on any atom is 0.0521 e. The summed E-state index contributed by atoms with van der Waals surface area (Å²) in [6.07, 6.45) is 7.58. The molecule has 1 N–H and O–H groups in total.